The molecule has 1 amide bonds. The Bertz CT molecular complexity index is 1150. The zero-order valence-electron chi connectivity index (χ0n) is 15.6. The van der Waals surface area contributed by atoms with Crippen molar-refractivity contribution >= 4 is 35.0 Å². The molecule has 3 aromatic rings. The lowest BCUT2D eigenvalue weighted by molar-refractivity contribution is 0.0740. The molecule has 0 radical (unpaired) electrons. The van der Waals surface area contributed by atoms with Crippen LogP contribution in [-0.4, -0.2) is 42.0 Å². The molecular weight excluding hydrogens is 430 g/mol. The first-order chi connectivity index (χ1) is 14.5. The summed E-state index contributed by atoms with van der Waals surface area (Å²) in [6.07, 6.45) is 0. The van der Waals surface area contributed by atoms with Crippen LogP contribution in [0, 0.1) is 17.1 Å². The minimum atomic E-state index is -0.545. The molecule has 1 aliphatic rings. The molecule has 1 aliphatic heterocycles. The number of carbonyl (C=O) groups is 1. The maximum Gasteiger partial charge on any atom is 0.256 e. The molecule has 1 aromatic heterocycles. The number of nitrogens with zero attached hydrogens (tertiary/aromatic N) is 4. The van der Waals surface area contributed by atoms with E-state index in [0.29, 0.717) is 47.7 Å². The van der Waals surface area contributed by atoms with E-state index in [9.17, 15) is 14.4 Å². The topological polar surface area (TPSA) is 73.4 Å². The summed E-state index contributed by atoms with van der Waals surface area (Å²) in [5.41, 5.74) is 0.699. The Balaban J connectivity index is 1.52. The van der Waals surface area contributed by atoms with E-state index < -0.39 is 5.82 Å². The van der Waals surface area contributed by atoms with Crippen molar-refractivity contribution in [2.45, 2.75) is 0 Å². The quantitative estimate of drug-likeness (QED) is 0.588. The number of hydrogen-bond donors (Lipinski definition) is 0. The van der Waals surface area contributed by atoms with Gasteiger partial charge in [0.2, 0.25) is 17.5 Å². The highest BCUT2D eigenvalue weighted by molar-refractivity contribution is 6.36. The van der Waals surface area contributed by atoms with Crippen LogP contribution in [-0.2, 0) is 0 Å². The Morgan fingerprint density at radius 2 is 1.87 bits per heavy atom. The summed E-state index contributed by atoms with van der Waals surface area (Å²) in [6, 6.07) is 12.8. The van der Waals surface area contributed by atoms with Crippen molar-refractivity contribution in [1.29, 1.82) is 5.26 Å². The van der Waals surface area contributed by atoms with Crippen LogP contribution in [0.4, 0.5) is 10.3 Å². The predicted molar refractivity (Wildman–Crippen MR) is 111 cm³/mol. The monoisotopic (exact) mass is 444 g/mol. The first-order valence-corrected chi connectivity index (χ1v) is 9.88. The molecule has 2 heterocycles. The average molecular weight is 445 g/mol. The fraction of sp³-hybridized carbons (Fsp3) is 0.190. The number of rotatable bonds is 3. The number of nitriles is 1. The zero-order valence-corrected chi connectivity index (χ0v) is 17.1. The predicted octanol–water partition coefficient (Wildman–Crippen LogP) is 4.62. The highest BCUT2D eigenvalue weighted by atomic mass is 35.5. The maximum absolute atomic E-state index is 13.9. The Kier molecular flexibility index (Phi) is 5.62. The van der Waals surface area contributed by atoms with Crippen LogP contribution in [0.3, 0.4) is 0 Å². The molecule has 0 unspecified atom stereocenters. The summed E-state index contributed by atoms with van der Waals surface area (Å²) in [4.78, 5) is 20.3. The Hall–Kier alpha value is -3.08. The standard InChI is InChI=1S/C21H15Cl2FN4O2/c22-13-5-6-14(16(23)11-13)19-26-18(12-25)21(30-19)28-9-7-27(8-10-28)20(29)15-3-1-2-4-17(15)24/h1-6,11H,7-10H2. The van der Waals surface area contributed by atoms with Crippen molar-refractivity contribution in [3.8, 4) is 17.5 Å². The van der Waals surface area contributed by atoms with Crippen molar-refractivity contribution in [3.05, 3.63) is 69.6 Å². The number of piperazine rings is 1. The fourth-order valence-electron chi connectivity index (χ4n) is 3.29. The van der Waals surface area contributed by atoms with E-state index in [1.165, 1.54) is 12.1 Å². The van der Waals surface area contributed by atoms with Gasteiger partial charge in [-0.3, -0.25) is 4.79 Å². The molecule has 0 saturated carbocycles. The van der Waals surface area contributed by atoms with Crippen molar-refractivity contribution in [3.63, 3.8) is 0 Å². The molecule has 30 heavy (non-hydrogen) atoms. The molecule has 0 spiro atoms. The van der Waals surface area contributed by atoms with Crippen molar-refractivity contribution in [2.75, 3.05) is 31.1 Å². The Morgan fingerprint density at radius 3 is 2.53 bits per heavy atom. The lowest BCUT2D eigenvalue weighted by atomic mass is 10.1. The molecule has 2 aromatic carbocycles. The molecule has 0 atom stereocenters. The molecule has 152 valence electrons. The first-order valence-electron chi connectivity index (χ1n) is 9.13. The van der Waals surface area contributed by atoms with Crippen molar-refractivity contribution in [2.24, 2.45) is 0 Å². The molecule has 0 bridgehead atoms. The zero-order chi connectivity index (χ0) is 21.3. The molecule has 0 N–H and O–H groups in total. The van der Waals surface area contributed by atoms with Gasteiger partial charge in [-0.25, -0.2) is 4.39 Å². The fourth-order valence-corrected chi connectivity index (χ4v) is 3.78. The third-order valence-corrected chi connectivity index (χ3v) is 5.38. The maximum atomic E-state index is 13.9. The number of oxazole rings is 1. The number of halogens is 3. The van der Waals surface area contributed by atoms with E-state index in [-0.39, 0.29) is 23.1 Å². The van der Waals surface area contributed by atoms with Crippen LogP contribution in [0.25, 0.3) is 11.5 Å². The van der Waals surface area contributed by atoms with Gasteiger partial charge in [-0.05, 0) is 30.3 Å². The van der Waals surface area contributed by atoms with E-state index in [2.05, 4.69) is 4.98 Å². The summed E-state index contributed by atoms with van der Waals surface area (Å²) in [5, 5.41) is 10.3. The SMILES string of the molecule is N#Cc1nc(-c2ccc(Cl)cc2Cl)oc1N1CCN(C(=O)c2ccccc2F)CC1. The van der Waals surface area contributed by atoms with E-state index >= 15 is 0 Å². The van der Waals surface area contributed by atoms with E-state index in [1.807, 2.05) is 11.0 Å². The summed E-state index contributed by atoms with van der Waals surface area (Å²) in [5.74, 6) is -0.375. The summed E-state index contributed by atoms with van der Waals surface area (Å²) >= 11 is 12.2. The van der Waals surface area contributed by atoms with Crippen LogP contribution in [0.15, 0.2) is 46.9 Å². The number of hydrogen-bond acceptors (Lipinski definition) is 5. The minimum absolute atomic E-state index is 0.0444. The van der Waals surface area contributed by atoms with Gasteiger partial charge in [0.15, 0.2) is 0 Å². The summed E-state index contributed by atoms with van der Waals surface area (Å²) in [7, 11) is 0. The number of carbonyl (C=O) groups excluding carboxylic acids is 1. The van der Waals surface area contributed by atoms with Crippen LogP contribution < -0.4 is 4.90 Å². The van der Waals surface area contributed by atoms with Gasteiger partial charge in [0.25, 0.3) is 5.91 Å². The second kappa shape index (κ2) is 8.34. The number of amides is 1. The molecule has 4 rings (SSSR count). The van der Waals surface area contributed by atoms with Crippen molar-refractivity contribution < 1.29 is 13.6 Å². The van der Waals surface area contributed by atoms with Crippen molar-refractivity contribution in [1.82, 2.24) is 9.88 Å². The van der Waals surface area contributed by atoms with E-state index in [4.69, 9.17) is 27.6 Å². The summed E-state index contributed by atoms with van der Waals surface area (Å²) < 4.78 is 19.8. The second-order valence-electron chi connectivity index (χ2n) is 6.67. The largest absolute Gasteiger partial charge is 0.419 e. The molecule has 1 fully saturated rings. The molecule has 0 aliphatic carbocycles. The lowest BCUT2D eigenvalue weighted by Crippen LogP contribution is -2.49. The van der Waals surface area contributed by atoms with Crippen LogP contribution in [0.2, 0.25) is 10.0 Å². The summed E-state index contributed by atoms with van der Waals surface area (Å²) in [6.45, 7) is 1.54. The smallest absolute Gasteiger partial charge is 0.256 e. The van der Waals surface area contributed by atoms with Gasteiger partial charge in [-0.2, -0.15) is 10.2 Å². The van der Waals surface area contributed by atoms with Crippen LogP contribution in [0.1, 0.15) is 16.1 Å². The minimum Gasteiger partial charge on any atom is -0.419 e. The van der Waals surface area contributed by atoms with Gasteiger partial charge in [-0.1, -0.05) is 35.3 Å². The van der Waals surface area contributed by atoms with Gasteiger partial charge in [0.05, 0.1) is 16.1 Å². The number of aromatic nitrogens is 1. The third kappa shape index (κ3) is 3.84. The molecule has 1 saturated heterocycles. The normalized spacial score (nSPS) is 13.9. The highest BCUT2D eigenvalue weighted by Crippen LogP contribution is 2.34. The molecule has 9 heteroatoms. The number of anilines is 1. The third-order valence-electron chi connectivity index (χ3n) is 4.84. The molecule has 6 nitrogen and oxygen atoms in total. The van der Waals surface area contributed by atoms with Crippen LogP contribution in [0.5, 0.6) is 0 Å². The van der Waals surface area contributed by atoms with Gasteiger partial charge in [-0.15, -0.1) is 0 Å². The number of benzene rings is 2. The Labute approximate surface area is 182 Å². The van der Waals surface area contributed by atoms with Gasteiger partial charge >= 0.3 is 0 Å². The highest BCUT2D eigenvalue weighted by Gasteiger charge is 2.28. The first kappa shape index (κ1) is 20.2. The van der Waals surface area contributed by atoms with Gasteiger partial charge < -0.3 is 14.2 Å². The van der Waals surface area contributed by atoms with E-state index in [1.54, 1.807) is 35.2 Å². The second-order valence-corrected chi connectivity index (χ2v) is 7.51. The lowest BCUT2D eigenvalue weighted by Gasteiger charge is -2.34. The van der Waals surface area contributed by atoms with Gasteiger partial charge in [0, 0.05) is 31.2 Å². The van der Waals surface area contributed by atoms with E-state index in [0.717, 1.165) is 0 Å². The average Bonchev–Trinajstić information content (AvgIpc) is 3.18. The molecular formula is C21H15Cl2FN4O2. The van der Waals surface area contributed by atoms with Gasteiger partial charge in [0.1, 0.15) is 11.9 Å². The van der Waals surface area contributed by atoms with Crippen LogP contribution >= 0.6 is 23.2 Å². The Morgan fingerprint density at radius 1 is 1.13 bits per heavy atom.